The van der Waals surface area contributed by atoms with E-state index in [-0.39, 0.29) is 18.6 Å². The van der Waals surface area contributed by atoms with E-state index in [1.54, 1.807) is 0 Å². The van der Waals surface area contributed by atoms with E-state index < -0.39 is 0 Å². The van der Waals surface area contributed by atoms with Gasteiger partial charge in [-0.05, 0) is 53.4 Å². The second-order valence-electron chi connectivity index (χ2n) is 11.0. The average molecular weight is 485 g/mol. The van der Waals surface area contributed by atoms with Crippen LogP contribution in [0.1, 0.15) is 65.5 Å². The van der Waals surface area contributed by atoms with Gasteiger partial charge in [-0.1, -0.05) is 90.1 Å². The quantitative estimate of drug-likeness (QED) is 0.448. The van der Waals surface area contributed by atoms with Gasteiger partial charge in [0.2, 0.25) is 0 Å². The summed E-state index contributed by atoms with van der Waals surface area (Å²) in [4.78, 5) is 0. The molecule has 4 heteroatoms. The predicted octanol–water partition coefficient (Wildman–Crippen LogP) is 6.52. The van der Waals surface area contributed by atoms with Crippen molar-refractivity contribution in [2.75, 3.05) is 33.0 Å². The Kier molecular flexibility index (Phi) is 11.9. The molecule has 35 heavy (non-hydrogen) atoms. The highest BCUT2D eigenvalue weighted by Crippen LogP contribution is 2.38. The van der Waals surface area contributed by atoms with Crippen LogP contribution in [0, 0.1) is 22.7 Å². The maximum atomic E-state index is 9.02. The molecule has 2 aromatic rings. The van der Waals surface area contributed by atoms with E-state index in [1.165, 1.54) is 23.1 Å². The van der Waals surface area contributed by atoms with Gasteiger partial charge in [-0.3, -0.25) is 0 Å². The molecule has 0 radical (unpaired) electrons. The van der Waals surface area contributed by atoms with Crippen molar-refractivity contribution in [1.82, 2.24) is 0 Å². The normalized spacial score (nSPS) is 17.4. The molecular formula is C31H48O4. The Bertz CT molecular complexity index is 812. The lowest BCUT2D eigenvalue weighted by Crippen LogP contribution is -2.46. The van der Waals surface area contributed by atoms with Crippen molar-refractivity contribution in [3.8, 4) is 11.1 Å². The smallest absolute Gasteiger partial charge is 0.0681 e. The maximum absolute atomic E-state index is 9.02. The van der Waals surface area contributed by atoms with Crippen LogP contribution >= 0.6 is 0 Å². The first kappa shape index (κ1) is 29.5. The van der Waals surface area contributed by atoms with Gasteiger partial charge in [0, 0.05) is 10.8 Å². The number of ether oxygens (including phenoxy) is 2. The van der Waals surface area contributed by atoms with E-state index in [2.05, 4.69) is 77.9 Å². The lowest BCUT2D eigenvalue weighted by atomic mass is 9.73. The first-order chi connectivity index (χ1) is 16.7. The summed E-state index contributed by atoms with van der Waals surface area (Å²) in [5.41, 5.74) is 5.45. The summed E-state index contributed by atoms with van der Waals surface area (Å²) in [6.07, 6.45) is 3.43. The van der Waals surface area contributed by atoms with Crippen LogP contribution in [0.2, 0.25) is 0 Å². The Hall–Kier alpha value is -1.72. The fraction of sp³-hybridized carbons (Fsp3) is 0.613. The van der Waals surface area contributed by atoms with Crippen LogP contribution in [-0.2, 0) is 22.5 Å². The van der Waals surface area contributed by atoms with Crippen LogP contribution in [0.5, 0.6) is 0 Å². The van der Waals surface area contributed by atoms with E-state index in [4.69, 9.17) is 19.7 Å². The van der Waals surface area contributed by atoms with E-state index in [0.717, 1.165) is 50.8 Å². The van der Waals surface area contributed by atoms with Crippen molar-refractivity contribution >= 4 is 0 Å². The number of hydrogen-bond acceptors (Lipinski definition) is 4. The van der Waals surface area contributed by atoms with Gasteiger partial charge in [-0.15, -0.1) is 0 Å². The van der Waals surface area contributed by atoms with E-state index in [1.807, 2.05) is 12.1 Å². The summed E-state index contributed by atoms with van der Waals surface area (Å²) >= 11 is 0. The Morgan fingerprint density at radius 1 is 0.714 bits per heavy atom. The van der Waals surface area contributed by atoms with Crippen LogP contribution in [0.15, 0.2) is 48.5 Å². The molecule has 196 valence electrons. The molecule has 4 nitrogen and oxygen atoms in total. The lowest BCUT2D eigenvalue weighted by molar-refractivity contribution is -0.140. The van der Waals surface area contributed by atoms with E-state index in [0.29, 0.717) is 11.3 Å². The van der Waals surface area contributed by atoms with Crippen LogP contribution in [0.3, 0.4) is 0 Å². The average Bonchev–Trinajstić information content (AvgIpc) is 2.80. The molecule has 2 aromatic carbocycles. The standard InChI is InChI=1S/C17H20O.C8H16O.C6H12O2/c1-13(2)11-14-3-7-16(8-4-14)17-9-5-15(12-18)6-10-17;1-4-8(7(2)3)5-9-6-8;1-2-6(3-7)4-8-5-6/h3-10,13,18H,11-12H2,1-2H3;7H,4-6H2,1-3H3;7H,2-5H2,1H3. The van der Waals surface area contributed by atoms with Gasteiger partial charge >= 0.3 is 0 Å². The molecule has 4 rings (SSSR count). The Balaban J connectivity index is 0.000000211. The zero-order valence-electron chi connectivity index (χ0n) is 22.8. The summed E-state index contributed by atoms with van der Waals surface area (Å²) in [5, 5.41) is 17.8. The Labute approximate surface area is 213 Å². The summed E-state index contributed by atoms with van der Waals surface area (Å²) in [7, 11) is 0. The third-order valence-corrected chi connectivity index (χ3v) is 7.68. The van der Waals surface area contributed by atoms with Gasteiger partial charge in [-0.25, -0.2) is 0 Å². The molecule has 0 unspecified atom stereocenters. The van der Waals surface area contributed by atoms with Crippen molar-refractivity contribution in [2.24, 2.45) is 22.7 Å². The number of rotatable bonds is 8. The molecule has 0 aromatic heterocycles. The number of aliphatic hydroxyl groups excluding tert-OH is 2. The Morgan fingerprint density at radius 3 is 1.40 bits per heavy atom. The predicted molar refractivity (Wildman–Crippen MR) is 145 cm³/mol. The highest BCUT2D eigenvalue weighted by Gasteiger charge is 2.39. The molecule has 0 spiro atoms. The van der Waals surface area contributed by atoms with Gasteiger partial charge in [0.15, 0.2) is 0 Å². The molecule has 0 saturated carbocycles. The van der Waals surface area contributed by atoms with E-state index in [9.17, 15) is 0 Å². The molecule has 2 heterocycles. The minimum absolute atomic E-state index is 0.105. The highest BCUT2D eigenvalue weighted by atomic mass is 16.5. The molecular weight excluding hydrogens is 436 g/mol. The fourth-order valence-electron chi connectivity index (χ4n) is 4.22. The highest BCUT2D eigenvalue weighted by molar-refractivity contribution is 5.63. The summed E-state index contributed by atoms with van der Waals surface area (Å²) in [6.45, 7) is 17.2. The number of aliphatic hydroxyl groups is 2. The van der Waals surface area contributed by atoms with Crippen molar-refractivity contribution in [2.45, 2.75) is 67.4 Å². The van der Waals surface area contributed by atoms with Crippen LogP contribution in [0.25, 0.3) is 11.1 Å². The number of hydrogen-bond donors (Lipinski definition) is 2. The van der Waals surface area contributed by atoms with Gasteiger partial charge in [0.05, 0.1) is 39.6 Å². The van der Waals surface area contributed by atoms with Crippen molar-refractivity contribution < 1.29 is 19.7 Å². The van der Waals surface area contributed by atoms with Crippen molar-refractivity contribution in [3.63, 3.8) is 0 Å². The molecule has 0 bridgehead atoms. The molecule has 2 fully saturated rings. The first-order valence-corrected chi connectivity index (χ1v) is 13.3. The van der Waals surface area contributed by atoms with Gasteiger partial charge in [0.1, 0.15) is 0 Å². The Morgan fingerprint density at radius 2 is 1.20 bits per heavy atom. The third-order valence-electron chi connectivity index (χ3n) is 7.68. The molecule has 0 aliphatic carbocycles. The zero-order chi connectivity index (χ0) is 25.9. The monoisotopic (exact) mass is 484 g/mol. The van der Waals surface area contributed by atoms with Crippen LogP contribution in [0.4, 0.5) is 0 Å². The second kappa shape index (κ2) is 14.1. The molecule has 2 aliphatic rings. The summed E-state index contributed by atoms with van der Waals surface area (Å²) in [5.74, 6) is 1.48. The molecule has 2 aliphatic heterocycles. The van der Waals surface area contributed by atoms with Gasteiger partial charge in [0.25, 0.3) is 0 Å². The number of benzene rings is 2. The van der Waals surface area contributed by atoms with E-state index >= 15 is 0 Å². The minimum Gasteiger partial charge on any atom is -0.396 e. The molecule has 0 amide bonds. The first-order valence-electron chi connectivity index (χ1n) is 13.3. The summed E-state index contributed by atoms with van der Waals surface area (Å²) < 4.78 is 10.2. The minimum atomic E-state index is 0.105. The fourth-order valence-corrected chi connectivity index (χ4v) is 4.22. The second-order valence-corrected chi connectivity index (χ2v) is 11.0. The third kappa shape index (κ3) is 8.42. The van der Waals surface area contributed by atoms with Gasteiger partial charge < -0.3 is 19.7 Å². The topological polar surface area (TPSA) is 58.9 Å². The molecule has 2 N–H and O–H groups in total. The summed E-state index contributed by atoms with van der Waals surface area (Å²) in [6, 6.07) is 16.8. The van der Waals surface area contributed by atoms with Crippen LogP contribution in [-0.4, -0.2) is 43.2 Å². The molecule has 2 saturated heterocycles. The maximum Gasteiger partial charge on any atom is 0.0681 e. The molecule has 0 atom stereocenters. The van der Waals surface area contributed by atoms with Crippen molar-refractivity contribution in [1.29, 1.82) is 0 Å². The SMILES string of the molecule is CC(C)Cc1ccc(-c2ccc(CO)cc2)cc1.CCC1(C(C)C)COC1.CCC1(CO)COC1. The zero-order valence-corrected chi connectivity index (χ0v) is 22.8. The van der Waals surface area contributed by atoms with Gasteiger partial charge in [-0.2, -0.15) is 0 Å². The van der Waals surface area contributed by atoms with Crippen molar-refractivity contribution in [3.05, 3.63) is 59.7 Å². The van der Waals surface area contributed by atoms with Crippen LogP contribution < -0.4 is 0 Å². The largest absolute Gasteiger partial charge is 0.396 e. The lowest BCUT2D eigenvalue weighted by Gasteiger charge is -2.44.